The zero-order valence-corrected chi connectivity index (χ0v) is 20.9. The largest absolute Gasteiger partial charge is 0.497 e. The number of pyridine rings is 1. The Kier molecular flexibility index (Phi) is 7.38. The van der Waals surface area contributed by atoms with E-state index in [0.717, 1.165) is 41.6 Å². The molecule has 1 aliphatic rings. The van der Waals surface area contributed by atoms with Gasteiger partial charge in [-0.3, -0.25) is 4.79 Å². The molecule has 0 bridgehead atoms. The van der Waals surface area contributed by atoms with E-state index in [9.17, 15) is 4.79 Å². The summed E-state index contributed by atoms with van der Waals surface area (Å²) in [6.07, 6.45) is 2.07. The van der Waals surface area contributed by atoms with Crippen molar-refractivity contribution in [2.24, 2.45) is 0 Å². The Labute approximate surface area is 205 Å². The van der Waals surface area contributed by atoms with E-state index in [1.165, 1.54) is 5.56 Å². The molecule has 34 heavy (non-hydrogen) atoms. The number of aromatic nitrogens is 1. The number of thiocarbonyl (C=S) groups is 1. The van der Waals surface area contributed by atoms with Gasteiger partial charge in [-0.15, -0.1) is 0 Å². The number of methoxy groups -OCH3 is 2. The molecule has 1 aliphatic heterocycles. The van der Waals surface area contributed by atoms with E-state index in [1.807, 2.05) is 36.1 Å². The minimum Gasteiger partial charge on any atom is -0.497 e. The molecular weight excluding hydrogens is 450 g/mol. The fourth-order valence-electron chi connectivity index (χ4n) is 4.19. The van der Waals surface area contributed by atoms with Crippen molar-refractivity contribution in [3.63, 3.8) is 0 Å². The Hall–Kier alpha value is -3.10. The van der Waals surface area contributed by atoms with Gasteiger partial charge in [-0.2, -0.15) is 0 Å². The minimum atomic E-state index is -0.113. The number of ether oxygens (including phenoxy) is 3. The summed E-state index contributed by atoms with van der Waals surface area (Å²) in [5, 5.41) is 4.79. The molecule has 0 amide bonds. The van der Waals surface area contributed by atoms with E-state index in [2.05, 4.69) is 23.3 Å². The Balaban J connectivity index is 1.62. The third-order valence-corrected chi connectivity index (χ3v) is 6.64. The van der Waals surface area contributed by atoms with E-state index in [4.69, 9.17) is 26.4 Å². The maximum absolute atomic E-state index is 12.9. The lowest BCUT2D eigenvalue weighted by atomic mass is 10.0. The summed E-state index contributed by atoms with van der Waals surface area (Å²) >= 11 is 5.80. The second kappa shape index (κ2) is 10.4. The van der Waals surface area contributed by atoms with Gasteiger partial charge < -0.3 is 29.4 Å². The fraction of sp³-hybridized carbons (Fsp3) is 0.385. The molecule has 0 saturated carbocycles. The molecule has 1 fully saturated rings. The van der Waals surface area contributed by atoms with Gasteiger partial charge in [-0.25, -0.2) is 0 Å². The zero-order chi connectivity index (χ0) is 24.2. The summed E-state index contributed by atoms with van der Waals surface area (Å²) < 4.78 is 16.7. The number of hydrogen-bond acceptors (Lipinski definition) is 5. The maximum atomic E-state index is 12.9. The van der Waals surface area contributed by atoms with Crippen molar-refractivity contribution in [2.75, 3.05) is 32.7 Å². The van der Waals surface area contributed by atoms with Gasteiger partial charge >= 0.3 is 0 Å². The van der Waals surface area contributed by atoms with Crippen LogP contribution in [0, 0.1) is 13.8 Å². The molecule has 8 heteroatoms. The van der Waals surface area contributed by atoms with Crippen LogP contribution in [0.15, 0.2) is 41.2 Å². The lowest BCUT2D eigenvalue weighted by Crippen LogP contribution is -2.40. The molecule has 1 atom stereocenters. The van der Waals surface area contributed by atoms with E-state index in [-0.39, 0.29) is 11.7 Å². The van der Waals surface area contributed by atoms with Crippen LogP contribution in [0.3, 0.4) is 0 Å². The number of H-pyrrole nitrogens is 1. The monoisotopic (exact) mass is 481 g/mol. The molecular formula is C26H31N3O4S. The number of hydrogen-bond donors (Lipinski definition) is 2. The average Bonchev–Trinajstić information content (AvgIpc) is 3.34. The highest BCUT2D eigenvalue weighted by Gasteiger charge is 2.23. The highest BCUT2D eigenvalue weighted by molar-refractivity contribution is 7.80. The number of anilines is 1. The molecule has 2 heterocycles. The number of benzene rings is 2. The average molecular weight is 482 g/mol. The first kappa shape index (κ1) is 24.0. The molecule has 0 radical (unpaired) electrons. The van der Waals surface area contributed by atoms with E-state index >= 15 is 0 Å². The van der Waals surface area contributed by atoms with Crippen LogP contribution in [0.4, 0.5) is 5.69 Å². The third-order valence-electron chi connectivity index (χ3n) is 6.28. The zero-order valence-electron chi connectivity index (χ0n) is 20.1. The van der Waals surface area contributed by atoms with Crippen molar-refractivity contribution >= 4 is 33.9 Å². The van der Waals surface area contributed by atoms with Gasteiger partial charge in [-0.05, 0) is 85.8 Å². The van der Waals surface area contributed by atoms with Crippen LogP contribution in [0.25, 0.3) is 10.9 Å². The number of nitrogens with one attached hydrogen (secondary N) is 2. The van der Waals surface area contributed by atoms with Crippen LogP contribution in [0.5, 0.6) is 11.5 Å². The smallest absolute Gasteiger partial charge is 0.253 e. The van der Waals surface area contributed by atoms with Crippen molar-refractivity contribution in [2.45, 2.75) is 39.3 Å². The SMILES string of the molecule is COc1ccc(NC(=S)N(Cc2cc3cc(C)c(C)cc3[nH]c2=O)C[C@H]2CCCO2)c(OC)c1. The van der Waals surface area contributed by atoms with Crippen molar-refractivity contribution < 1.29 is 14.2 Å². The summed E-state index contributed by atoms with van der Waals surface area (Å²) in [7, 11) is 3.21. The number of nitrogens with zero attached hydrogens (tertiary/aromatic N) is 1. The normalized spacial score (nSPS) is 15.4. The van der Waals surface area contributed by atoms with E-state index in [1.54, 1.807) is 20.3 Å². The molecule has 1 aromatic heterocycles. The van der Waals surface area contributed by atoms with E-state index < -0.39 is 0 Å². The maximum Gasteiger partial charge on any atom is 0.253 e. The summed E-state index contributed by atoms with van der Waals surface area (Å²) in [5.74, 6) is 1.31. The van der Waals surface area contributed by atoms with Crippen molar-refractivity contribution in [1.82, 2.24) is 9.88 Å². The molecule has 0 aliphatic carbocycles. The second-order valence-electron chi connectivity index (χ2n) is 8.66. The van der Waals surface area contributed by atoms with Crippen LogP contribution >= 0.6 is 12.2 Å². The van der Waals surface area contributed by atoms with Crippen LogP contribution in [0.1, 0.15) is 29.5 Å². The quantitative estimate of drug-likeness (QED) is 0.480. The van der Waals surface area contributed by atoms with Crippen molar-refractivity contribution in [1.29, 1.82) is 0 Å². The Morgan fingerprint density at radius 2 is 1.97 bits per heavy atom. The molecule has 180 valence electrons. The first-order valence-corrected chi connectivity index (χ1v) is 11.8. The number of rotatable bonds is 7. The summed E-state index contributed by atoms with van der Waals surface area (Å²) in [4.78, 5) is 18.0. The Bertz CT molecular complexity index is 1250. The van der Waals surface area contributed by atoms with E-state index in [0.29, 0.717) is 35.3 Å². The van der Waals surface area contributed by atoms with Gasteiger partial charge in [0.2, 0.25) is 0 Å². The van der Waals surface area contributed by atoms with Crippen LogP contribution in [-0.2, 0) is 11.3 Å². The molecule has 0 spiro atoms. The highest BCUT2D eigenvalue weighted by Crippen LogP contribution is 2.29. The third kappa shape index (κ3) is 5.34. The van der Waals surface area contributed by atoms with Crippen LogP contribution in [0.2, 0.25) is 0 Å². The Morgan fingerprint density at radius 1 is 1.18 bits per heavy atom. The summed E-state index contributed by atoms with van der Waals surface area (Å²) in [5.41, 5.74) is 4.44. The molecule has 1 saturated heterocycles. The van der Waals surface area contributed by atoms with Gasteiger partial charge in [0.25, 0.3) is 5.56 Å². The lowest BCUT2D eigenvalue weighted by Gasteiger charge is -2.28. The number of aryl methyl sites for hydroxylation is 2. The van der Waals surface area contributed by atoms with Crippen molar-refractivity contribution in [3.8, 4) is 11.5 Å². The number of fused-ring (bicyclic) bond motifs is 1. The predicted octanol–water partition coefficient (Wildman–Crippen LogP) is 4.54. The first-order valence-electron chi connectivity index (χ1n) is 11.4. The molecule has 3 aromatic rings. The standard InChI is InChI=1S/C26H31N3O4S/c1-16-10-18-12-19(25(30)27-23(18)11-17(16)2)14-29(15-21-6-5-9-33-21)26(34)28-22-8-7-20(31-3)13-24(22)32-4/h7-8,10-13,21H,5-6,9,14-15H2,1-4H3,(H,27,30)(H,28,34)/t21-/m1/s1. The first-order chi connectivity index (χ1) is 16.4. The lowest BCUT2D eigenvalue weighted by molar-refractivity contribution is 0.0904. The molecule has 2 aromatic carbocycles. The summed E-state index contributed by atoms with van der Waals surface area (Å²) in [6, 6.07) is 11.6. The number of aromatic amines is 1. The van der Waals surface area contributed by atoms with Gasteiger partial charge in [0.05, 0.1) is 32.6 Å². The van der Waals surface area contributed by atoms with Gasteiger partial charge in [0.1, 0.15) is 11.5 Å². The predicted molar refractivity (Wildman–Crippen MR) is 139 cm³/mol. The van der Waals surface area contributed by atoms with Crippen LogP contribution < -0.4 is 20.3 Å². The fourth-order valence-corrected chi connectivity index (χ4v) is 4.44. The minimum absolute atomic E-state index is 0.0712. The highest BCUT2D eigenvalue weighted by atomic mass is 32.1. The molecule has 7 nitrogen and oxygen atoms in total. The molecule has 2 N–H and O–H groups in total. The van der Waals surface area contributed by atoms with Gasteiger partial charge in [-0.1, -0.05) is 0 Å². The molecule has 4 rings (SSSR count). The second-order valence-corrected chi connectivity index (χ2v) is 9.05. The summed E-state index contributed by atoms with van der Waals surface area (Å²) in [6.45, 7) is 5.82. The Morgan fingerprint density at radius 3 is 2.68 bits per heavy atom. The van der Waals surface area contributed by atoms with Gasteiger partial charge in [0.15, 0.2) is 5.11 Å². The van der Waals surface area contributed by atoms with Crippen molar-refractivity contribution in [3.05, 3.63) is 63.4 Å². The van der Waals surface area contributed by atoms with Crippen LogP contribution in [-0.4, -0.2) is 48.5 Å². The molecule has 0 unspecified atom stereocenters. The topological polar surface area (TPSA) is 75.8 Å². The van der Waals surface area contributed by atoms with Gasteiger partial charge in [0, 0.05) is 30.3 Å².